The molecule has 0 aromatic carbocycles. The van der Waals surface area contributed by atoms with Crippen molar-refractivity contribution in [3.8, 4) is 0 Å². The maximum Gasteiger partial charge on any atom is 0.391 e. The van der Waals surface area contributed by atoms with Gasteiger partial charge in [0.05, 0.1) is 5.92 Å². The Labute approximate surface area is 164 Å². The fourth-order valence-corrected chi connectivity index (χ4v) is 4.08. The van der Waals surface area contributed by atoms with Gasteiger partial charge in [0.2, 0.25) is 0 Å². The van der Waals surface area contributed by atoms with Gasteiger partial charge in [-0.15, -0.1) is 0 Å². The van der Waals surface area contributed by atoms with Gasteiger partial charge in [-0.2, -0.15) is 13.2 Å². The highest BCUT2D eigenvalue weighted by molar-refractivity contribution is 4.85. The van der Waals surface area contributed by atoms with E-state index in [1.165, 1.54) is 0 Å². The molecule has 6 N–H and O–H groups in total. The third kappa shape index (κ3) is 6.77. The van der Waals surface area contributed by atoms with E-state index in [0.29, 0.717) is 13.0 Å². The van der Waals surface area contributed by atoms with Crippen LogP contribution in [-0.2, 0) is 4.74 Å². The fraction of sp³-hybridized carbons (Fsp3) is 1.00. The first kappa shape index (κ1) is 22.2. The molecule has 2 heterocycles. The van der Waals surface area contributed by atoms with Gasteiger partial charge < -0.3 is 10.1 Å². The van der Waals surface area contributed by atoms with Crippen LogP contribution in [0.1, 0.15) is 32.6 Å². The molecule has 0 radical (unpaired) electrons. The number of rotatable bonds is 8. The molecule has 0 amide bonds. The van der Waals surface area contributed by atoms with Crippen LogP contribution in [0.2, 0.25) is 0 Å². The molecule has 164 valence electrons. The summed E-state index contributed by atoms with van der Waals surface area (Å²) in [5, 5.41) is 19.8. The molecule has 0 aromatic rings. The van der Waals surface area contributed by atoms with Crippen LogP contribution >= 0.6 is 0 Å². The van der Waals surface area contributed by atoms with Crippen molar-refractivity contribution in [1.82, 2.24) is 36.8 Å². The van der Waals surface area contributed by atoms with Gasteiger partial charge in [-0.1, -0.05) is 6.42 Å². The molecule has 0 bridgehead atoms. The first-order valence-electron chi connectivity index (χ1n) is 10.3. The molecule has 1 saturated carbocycles. The van der Waals surface area contributed by atoms with E-state index in [1.807, 2.05) is 6.92 Å². The summed E-state index contributed by atoms with van der Waals surface area (Å²) in [6.45, 7) is 7.12. The average molecular weight is 410 g/mol. The minimum Gasteiger partial charge on any atom is -0.350 e. The second-order valence-corrected chi connectivity index (χ2v) is 7.70. The Balaban J connectivity index is 1.47. The van der Waals surface area contributed by atoms with E-state index in [9.17, 15) is 13.2 Å². The molecule has 1 aliphatic carbocycles. The lowest BCUT2D eigenvalue weighted by Gasteiger charge is -2.41. The summed E-state index contributed by atoms with van der Waals surface area (Å²) in [6.07, 6.45) is -3.34. The van der Waals surface area contributed by atoms with Crippen molar-refractivity contribution in [2.75, 3.05) is 39.5 Å². The van der Waals surface area contributed by atoms with Gasteiger partial charge in [-0.05, 0) is 26.2 Å². The number of alkyl halides is 3. The lowest BCUT2D eigenvalue weighted by molar-refractivity contribution is -0.184. The van der Waals surface area contributed by atoms with Crippen LogP contribution in [0, 0.1) is 5.92 Å². The SMILES string of the molecule is CCOC1NC(NCCN2CCNC2)NC(NC2CCCC(C(F)(F)F)C2)N1. The number of hydrogen-bond acceptors (Lipinski definition) is 8. The molecular formula is C17H34F3N7O. The number of halogens is 3. The van der Waals surface area contributed by atoms with Crippen molar-refractivity contribution in [1.29, 1.82) is 0 Å². The molecule has 3 aliphatic rings. The van der Waals surface area contributed by atoms with Gasteiger partial charge in [-0.3, -0.25) is 31.5 Å². The van der Waals surface area contributed by atoms with Crippen LogP contribution in [0.25, 0.3) is 0 Å². The molecule has 3 fully saturated rings. The van der Waals surface area contributed by atoms with Crippen molar-refractivity contribution in [3.63, 3.8) is 0 Å². The summed E-state index contributed by atoms with van der Waals surface area (Å²) in [5.41, 5.74) is 0. The summed E-state index contributed by atoms with van der Waals surface area (Å²) < 4.78 is 44.9. The van der Waals surface area contributed by atoms with Gasteiger partial charge in [-0.25, -0.2) is 0 Å². The minimum absolute atomic E-state index is 0.121. The smallest absolute Gasteiger partial charge is 0.350 e. The number of nitrogens with zero attached hydrogens (tertiary/aromatic N) is 1. The Morgan fingerprint density at radius 2 is 1.96 bits per heavy atom. The molecule has 11 heteroatoms. The van der Waals surface area contributed by atoms with Crippen LogP contribution in [0.4, 0.5) is 13.2 Å². The van der Waals surface area contributed by atoms with E-state index in [0.717, 1.165) is 39.3 Å². The number of ether oxygens (including phenoxy) is 1. The molecular weight excluding hydrogens is 375 g/mol. The Bertz CT molecular complexity index is 465. The third-order valence-corrected chi connectivity index (χ3v) is 5.56. The van der Waals surface area contributed by atoms with Crippen molar-refractivity contribution in [3.05, 3.63) is 0 Å². The predicted molar refractivity (Wildman–Crippen MR) is 99.8 cm³/mol. The summed E-state index contributed by atoms with van der Waals surface area (Å²) in [7, 11) is 0. The summed E-state index contributed by atoms with van der Waals surface area (Å²) in [6, 6.07) is -0.179. The highest BCUT2D eigenvalue weighted by Crippen LogP contribution is 2.37. The quantitative estimate of drug-likeness (QED) is 0.329. The monoisotopic (exact) mass is 409 g/mol. The summed E-state index contributed by atoms with van der Waals surface area (Å²) in [5.74, 6) is -1.22. The summed E-state index contributed by atoms with van der Waals surface area (Å²) >= 11 is 0. The molecule has 5 unspecified atom stereocenters. The number of hydrogen-bond donors (Lipinski definition) is 6. The van der Waals surface area contributed by atoms with Crippen molar-refractivity contribution in [2.45, 2.75) is 63.8 Å². The van der Waals surface area contributed by atoms with E-state index in [4.69, 9.17) is 4.74 Å². The average Bonchev–Trinajstić information content (AvgIpc) is 3.15. The molecule has 5 atom stereocenters. The second-order valence-electron chi connectivity index (χ2n) is 7.70. The molecule has 2 aliphatic heterocycles. The summed E-state index contributed by atoms with van der Waals surface area (Å²) in [4.78, 5) is 2.32. The maximum absolute atomic E-state index is 13.1. The molecule has 0 aromatic heterocycles. The van der Waals surface area contributed by atoms with E-state index in [-0.39, 0.29) is 37.8 Å². The predicted octanol–water partition coefficient (Wildman–Crippen LogP) is -0.181. The van der Waals surface area contributed by atoms with E-state index < -0.39 is 12.1 Å². The Morgan fingerprint density at radius 3 is 2.68 bits per heavy atom. The Morgan fingerprint density at radius 1 is 1.14 bits per heavy atom. The Kier molecular flexibility index (Phi) is 8.30. The Hall–Kier alpha value is -0.530. The molecule has 28 heavy (non-hydrogen) atoms. The van der Waals surface area contributed by atoms with Gasteiger partial charge in [0.15, 0.2) is 6.35 Å². The van der Waals surface area contributed by atoms with Crippen LogP contribution < -0.4 is 31.9 Å². The van der Waals surface area contributed by atoms with Crippen LogP contribution in [-0.4, -0.2) is 75.5 Å². The van der Waals surface area contributed by atoms with Gasteiger partial charge in [0.25, 0.3) is 0 Å². The zero-order valence-electron chi connectivity index (χ0n) is 16.4. The normalized spacial score (nSPS) is 35.4. The zero-order chi connectivity index (χ0) is 20.0. The van der Waals surface area contributed by atoms with Crippen molar-refractivity contribution in [2.24, 2.45) is 5.92 Å². The molecule has 8 nitrogen and oxygen atoms in total. The second kappa shape index (κ2) is 10.5. The standard InChI is InChI=1S/C17H34F3N7O/c1-2-28-16-25-14(22-7-9-27-8-6-21-11-27)24-15(26-16)23-13-5-3-4-12(10-13)17(18,19)20/h12-16,21-26H,2-11H2,1H3. The minimum atomic E-state index is -4.11. The van der Waals surface area contributed by atoms with Gasteiger partial charge in [0.1, 0.15) is 12.6 Å². The highest BCUT2D eigenvalue weighted by atomic mass is 19.4. The van der Waals surface area contributed by atoms with Gasteiger partial charge in [0, 0.05) is 45.5 Å². The van der Waals surface area contributed by atoms with E-state index in [1.54, 1.807) is 0 Å². The van der Waals surface area contributed by atoms with Crippen molar-refractivity contribution < 1.29 is 17.9 Å². The highest BCUT2D eigenvalue weighted by Gasteiger charge is 2.42. The van der Waals surface area contributed by atoms with Crippen LogP contribution in [0.3, 0.4) is 0 Å². The zero-order valence-corrected chi connectivity index (χ0v) is 16.4. The molecule has 0 spiro atoms. The topological polar surface area (TPSA) is 84.7 Å². The maximum atomic E-state index is 13.1. The fourth-order valence-electron chi connectivity index (χ4n) is 4.08. The van der Waals surface area contributed by atoms with Crippen LogP contribution in [0.5, 0.6) is 0 Å². The van der Waals surface area contributed by atoms with E-state index in [2.05, 4.69) is 36.8 Å². The van der Waals surface area contributed by atoms with E-state index >= 15 is 0 Å². The molecule has 2 saturated heterocycles. The first-order chi connectivity index (χ1) is 13.4. The third-order valence-electron chi connectivity index (χ3n) is 5.56. The lowest BCUT2D eigenvalue weighted by Crippen LogP contribution is -2.76. The largest absolute Gasteiger partial charge is 0.391 e. The van der Waals surface area contributed by atoms with Crippen LogP contribution in [0.15, 0.2) is 0 Å². The number of nitrogens with one attached hydrogen (secondary N) is 6. The first-order valence-corrected chi connectivity index (χ1v) is 10.3. The molecule has 3 rings (SSSR count). The lowest BCUT2D eigenvalue weighted by atomic mass is 9.85. The van der Waals surface area contributed by atoms with Gasteiger partial charge >= 0.3 is 6.18 Å². The van der Waals surface area contributed by atoms with Crippen molar-refractivity contribution >= 4 is 0 Å².